The Hall–Kier alpha value is -1.43. The van der Waals surface area contributed by atoms with Crippen LogP contribution in [0.4, 0.5) is 4.39 Å². The average molecular weight is 332 g/mol. The molecule has 1 rings (SSSR count). The van der Waals surface area contributed by atoms with Crippen LogP contribution in [0.25, 0.3) is 0 Å². The van der Waals surface area contributed by atoms with Crippen molar-refractivity contribution in [3.05, 3.63) is 34.1 Å². The van der Waals surface area contributed by atoms with Crippen molar-refractivity contribution in [1.29, 1.82) is 0 Å². The number of benzene rings is 1. The molecule has 6 heteroatoms. The Bertz CT molecular complexity index is 465. The molecular formula is C13H15BrFNO3. The molecule has 0 heterocycles. The van der Waals surface area contributed by atoms with Crippen LogP contribution in [0.1, 0.15) is 30.1 Å². The second kappa shape index (κ2) is 7.89. The predicted octanol–water partition coefficient (Wildman–Crippen LogP) is 2.66. The van der Waals surface area contributed by atoms with E-state index in [-0.39, 0.29) is 18.1 Å². The van der Waals surface area contributed by atoms with Crippen molar-refractivity contribution in [2.75, 3.05) is 13.2 Å². The zero-order valence-corrected chi connectivity index (χ0v) is 12.1. The minimum absolute atomic E-state index is 0.0568. The van der Waals surface area contributed by atoms with Gasteiger partial charge in [0.2, 0.25) is 0 Å². The third kappa shape index (κ3) is 5.38. The number of unbranched alkanes of at least 4 members (excludes halogenated alkanes) is 1. The Morgan fingerprint density at radius 2 is 2.16 bits per heavy atom. The van der Waals surface area contributed by atoms with Crippen molar-refractivity contribution < 1.29 is 18.7 Å². The highest BCUT2D eigenvalue weighted by Gasteiger charge is 2.14. The summed E-state index contributed by atoms with van der Waals surface area (Å²) in [6.45, 7) is 2.19. The maximum Gasteiger partial charge on any atom is 0.339 e. The normalized spacial score (nSPS) is 10.1. The van der Waals surface area contributed by atoms with Gasteiger partial charge in [0, 0.05) is 11.0 Å². The van der Waals surface area contributed by atoms with E-state index in [1.54, 1.807) is 0 Å². The number of amides is 1. The lowest BCUT2D eigenvalue weighted by molar-refractivity contribution is -0.124. The molecule has 0 unspecified atom stereocenters. The summed E-state index contributed by atoms with van der Waals surface area (Å²) in [7, 11) is 0. The molecule has 1 aromatic rings. The highest BCUT2D eigenvalue weighted by atomic mass is 79.9. The van der Waals surface area contributed by atoms with Gasteiger partial charge in [-0.15, -0.1) is 0 Å². The number of hydrogen-bond acceptors (Lipinski definition) is 3. The van der Waals surface area contributed by atoms with E-state index in [1.807, 2.05) is 6.92 Å². The van der Waals surface area contributed by atoms with Crippen LogP contribution in [-0.2, 0) is 9.53 Å². The fourth-order valence-electron chi connectivity index (χ4n) is 1.32. The van der Waals surface area contributed by atoms with E-state index in [9.17, 15) is 14.0 Å². The Morgan fingerprint density at radius 3 is 2.84 bits per heavy atom. The number of halogens is 2. The van der Waals surface area contributed by atoms with Gasteiger partial charge in [0.25, 0.3) is 5.91 Å². The van der Waals surface area contributed by atoms with Gasteiger partial charge in [-0.2, -0.15) is 0 Å². The lowest BCUT2D eigenvalue weighted by Crippen LogP contribution is -2.29. The first-order valence-electron chi connectivity index (χ1n) is 5.93. The van der Waals surface area contributed by atoms with Gasteiger partial charge in [0.15, 0.2) is 6.61 Å². The van der Waals surface area contributed by atoms with E-state index in [2.05, 4.69) is 21.2 Å². The molecule has 0 atom stereocenters. The van der Waals surface area contributed by atoms with E-state index in [0.29, 0.717) is 11.0 Å². The van der Waals surface area contributed by atoms with Crippen LogP contribution < -0.4 is 5.32 Å². The molecule has 0 radical (unpaired) electrons. The molecule has 0 bridgehead atoms. The number of carbonyl (C=O) groups is 2. The van der Waals surface area contributed by atoms with Crippen LogP contribution in [-0.4, -0.2) is 25.0 Å². The van der Waals surface area contributed by atoms with Crippen molar-refractivity contribution >= 4 is 27.8 Å². The molecular weight excluding hydrogens is 317 g/mol. The molecule has 1 amide bonds. The number of ether oxygens (including phenoxy) is 1. The highest BCUT2D eigenvalue weighted by molar-refractivity contribution is 9.10. The SMILES string of the molecule is CCCCNC(=O)COC(=O)c1cc(F)ccc1Br. The van der Waals surface area contributed by atoms with Gasteiger partial charge in [0.05, 0.1) is 5.56 Å². The Balaban J connectivity index is 2.47. The molecule has 0 aliphatic rings. The maximum atomic E-state index is 13.0. The largest absolute Gasteiger partial charge is 0.452 e. The molecule has 0 saturated carbocycles. The number of esters is 1. The summed E-state index contributed by atoms with van der Waals surface area (Å²) in [5, 5.41) is 2.61. The van der Waals surface area contributed by atoms with Gasteiger partial charge in [0.1, 0.15) is 5.82 Å². The molecule has 4 nitrogen and oxygen atoms in total. The smallest absolute Gasteiger partial charge is 0.339 e. The van der Waals surface area contributed by atoms with Crippen LogP contribution in [0.3, 0.4) is 0 Å². The third-order valence-electron chi connectivity index (χ3n) is 2.34. The summed E-state index contributed by atoms with van der Waals surface area (Å²) >= 11 is 3.12. The van der Waals surface area contributed by atoms with Crippen LogP contribution in [0.15, 0.2) is 22.7 Å². The van der Waals surface area contributed by atoms with E-state index >= 15 is 0 Å². The Morgan fingerprint density at radius 1 is 1.42 bits per heavy atom. The van der Waals surface area contributed by atoms with Crippen molar-refractivity contribution in [3.63, 3.8) is 0 Å². The number of rotatable bonds is 6. The summed E-state index contributed by atoms with van der Waals surface area (Å²) in [4.78, 5) is 23.0. The fraction of sp³-hybridized carbons (Fsp3) is 0.385. The molecule has 0 spiro atoms. The molecule has 19 heavy (non-hydrogen) atoms. The number of hydrogen-bond donors (Lipinski definition) is 1. The molecule has 1 aromatic carbocycles. The van der Waals surface area contributed by atoms with Gasteiger partial charge < -0.3 is 10.1 Å². The summed E-state index contributed by atoms with van der Waals surface area (Å²) in [6, 6.07) is 3.69. The Kier molecular flexibility index (Phi) is 6.49. The summed E-state index contributed by atoms with van der Waals surface area (Å²) < 4.78 is 18.2. The number of carbonyl (C=O) groups excluding carboxylic acids is 2. The van der Waals surface area contributed by atoms with Crippen molar-refractivity contribution in [1.82, 2.24) is 5.32 Å². The number of nitrogens with one attached hydrogen (secondary N) is 1. The zero-order chi connectivity index (χ0) is 14.3. The van der Waals surface area contributed by atoms with Gasteiger partial charge >= 0.3 is 5.97 Å². The van der Waals surface area contributed by atoms with Crippen molar-refractivity contribution in [2.24, 2.45) is 0 Å². The summed E-state index contributed by atoms with van der Waals surface area (Å²) in [5.41, 5.74) is 0.0568. The average Bonchev–Trinajstić information content (AvgIpc) is 2.39. The second-order valence-corrected chi connectivity index (χ2v) is 4.76. The molecule has 0 aromatic heterocycles. The minimum Gasteiger partial charge on any atom is -0.452 e. The quantitative estimate of drug-likeness (QED) is 0.644. The predicted molar refractivity (Wildman–Crippen MR) is 72.3 cm³/mol. The van der Waals surface area contributed by atoms with E-state index < -0.39 is 11.8 Å². The van der Waals surface area contributed by atoms with Gasteiger partial charge in [-0.05, 0) is 40.5 Å². The summed E-state index contributed by atoms with van der Waals surface area (Å²) in [5.74, 6) is -1.64. The van der Waals surface area contributed by atoms with E-state index in [4.69, 9.17) is 4.74 Å². The molecule has 0 fully saturated rings. The molecule has 0 aliphatic carbocycles. The summed E-state index contributed by atoms with van der Waals surface area (Å²) in [6.07, 6.45) is 1.84. The van der Waals surface area contributed by atoms with Crippen LogP contribution in [0.2, 0.25) is 0 Å². The lowest BCUT2D eigenvalue weighted by atomic mass is 10.2. The van der Waals surface area contributed by atoms with E-state index in [0.717, 1.165) is 18.9 Å². The second-order valence-electron chi connectivity index (χ2n) is 3.90. The van der Waals surface area contributed by atoms with Gasteiger partial charge in [-0.3, -0.25) is 4.79 Å². The van der Waals surface area contributed by atoms with Crippen LogP contribution in [0.5, 0.6) is 0 Å². The standard InChI is InChI=1S/C13H15BrFNO3/c1-2-3-6-16-12(17)8-19-13(18)10-7-9(15)4-5-11(10)14/h4-5,7H,2-3,6,8H2,1H3,(H,16,17). The first-order chi connectivity index (χ1) is 9.04. The topological polar surface area (TPSA) is 55.4 Å². The van der Waals surface area contributed by atoms with Crippen molar-refractivity contribution in [2.45, 2.75) is 19.8 Å². The first kappa shape index (κ1) is 15.6. The zero-order valence-electron chi connectivity index (χ0n) is 10.5. The van der Waals surface area contributed by atoms with Gasteiger partial charge in [-0.1, -0.05) is 13.3 Å². The molecule has 0 aliphatic heterocycles. The molecule has 1 N–H and O–H groups in total. The molecule has 104 valence electrons. The van der Waals surface area contributed by atoms with Gasteiger partial charge in [-0.25, -0.2) is 9.18 Å². The lowest BCUT2D eigenvalue weighted by Gasteiger charge is -2.07. The van der Waals surface area contributed by atoms with Crippen LogP contribution in [0, 0.1) is 5.82 Å². The first-order valence-corrected chi connectivity index (χ1v) is 6.72. The fourth-order valence-corrected chi connectivity index (χ4v) is 1.73. The maximum absolute atomic E-state index is 13.0. The minimum atomic E-state index is -0.739. The van der Waals surface area contributed by atoms with Crippen LogP contribution >= 0.6 is 15.9 Å². The van der Waals surface area contributed by atoms with E-state index in [1.165, 1.54) is 12.1 Å². The molecule has 0 saturated heterocycles. The highest BCUT2D eigenvalue weighted by Crippen LogP contribution is 2.18. The Labute approximate surface area is 119 Å². The monoisotopic (exact) mass is 331 g/mol. The third-order valence-corrected chi connectivity index (χ3v) is 3.03. The van der Waals surface area contributed by atoms with Crippen molar-refractivity contribution in [3.8, 4) is 0 Å².